The molecule has 43 heavy (non-hydrogen) atoms. The fourth-order valence-corrected chi connectivity index (χ4v) is 5.68. The number of carboxylic acid groups (broad SMARTS) is 1. The molecule has 2 amide bonds. The molecule has 0 aliphatic rings. The van der Waals surface area contributed by atoms with Gasteiger partial charge in [-0.3, -0.25) is 10.4 Å². The van der Waals surface area contributed by atoms with Gasteiger partial charge in [-0.05, 0) is 29.2 Å². The highest BCUT2D eigenvalue weighted by Crippen LogP contribution is 2.47. The molecule has 1 atom stereocenters. The number of carbonyl (C=O) groups excluding carboxylic acids is 1. The van der Waals surface area contributed by atoms with E-state index in [-0.39, 0.29) is 17.6 Å². The molecule has 4 N–H and O–H groups in total. The van der Waals surface area contributed by atoms with Crippen LogP contribution in [0.3, 0.4) is 0 Å². The molecule has 0 aliphatic heterocycles. The number of anilines is 1. The van der Waals surface area contributed by atoms with E-state index in [4.69, 9.17) is 4.98 Å². The Hall–Kier alpha value is -5.76. The fourth-order valence-electron chi connectivity index (χ4n) is 5.68. The quantitative estimate of drug-likeness (QED) is 0.149. The summed E-state index contributed by atoms with van der Waals surface area (Å²) in [6, 6.07) is 40.0. The molecule has 8 nitrogen and oxygen atoms in total. The molecule has 0 fully saturated rings. The van der Waals surface area contributed by atoms with Gasteiger partial charge >= 0.3 is 12.0 Å². The minimum Gasteiger partial charge on any atom is -0.476 e. The lowest BCUT2D eigenvalue weighted by molar-refractivity contribution is 0.0692. The minimum absolute atomic E-state index is 0.154. The number of aromatic carboxylic acids is 1. The number of hydrogen-bond donors (Lipinski definition) is 4. The maximum atomic E-state index is 13.2. The molecule has 0 saturated carbocycles. The van der Waals surface area contributed by atoms with Crippen molar-refractivity contribution < 1.29 is 14.7 Å². The number of pyridine rings is 1. The number of carbonyl (C=O) groups is 2. The summed E-state index contributed by atoms with van der Waals surface area (Å²) in [5.41, 5.74) is 3.21. The summed E-state index contributed by atoms with van der Waals surface area (Å²) in [5.74, 6) is -0.944. The Morgan fingerprint density at radius 3 is 1.74 bits per heavy atom. The van der Waals surface area contributed by atoms with Gasteiger partial charge in [0.1, 0.15) is 5.82 Å². The standard InChI is InChI=1S/C35H29N5O3/c1-23(24-14-6-2-7-15-24)36-34(43)38-29-22-28-30(31(33(41)42)40-39-28)32(37-29)35(25-16-8-3-9-17-25,26-18-10-4-11-19-26)27-20-12-5-13-21-27/h2-23H,1H3,(H,39,40)(H,41,42)(H2,36,37,38,43)/t23-/m1/s1. The number of hydrogen-bond acceptors (Lipinski definition) is 4. The molecule has 8 heteroatoms. The highest BCUT2D eigenvalue weighted by molar-refractivity contribution is 6.04. The predicted octanol–water partition coefficient (Wildman–Crippen LogP) is 6.92. The van der Waals surface area contributed by atoms with Crippen LogP contribution in [0.2, 0.25) is 0 Å². The number of benzene rings is 4. The summed E-state index contributed by atoms with van der Waals surface area (Å²) in [4.78, 5) is 30.8. The van der Waals surface area contributed by atoms with Gasteiger partial charge in [-0.1, -0.05) is 121 Å². The summed E-state index contributed by atoms with van der Waals surface area (Å²) in [5, 5.41) is 23.4. The van der Waals surface area contributed by atoms with Crippen molar-refractivity contribution in [1.29, 1.82) is 0 Å². The number of fused-ring (bicyclic) bond motifs is 1. The molecule has 6 aromatic rings. The van der Waals surface area contributed by atoms with Crippen LogP contribution in [0.15, 0.2) is 127 Å². The summed E-state index contributed by atoms with van der Waals surface area (Å²) in [6.07, 6.45) is 0. The Kier molecular flexibility index (Phi) is 7.41. The fraction of sp³-hybridized carbons (Fsp3) is 0.0857. The second kappa shape index (κ2) is 11.6. The van der Waals surface area contributed by atoms with Crippen LogP contribution in [-0.4, -0.2) is 32.3 Å². The molecular formula is C35H29N5O3. The molecule has 2 heterocycles. The van der Waals surface area contributed by atoms with E-state index >= 15 is 0 Å². The van der Waals surface area contributed by atoms with E-state index in [0.29, 0.717) is 16.6 Å². The molecule has 0 saturated heterocycles. The first-order valence-electron chi connectivity index (χ1n) is 13.9. The van der Waals surface area contributed by atoms with Crippen molar-refractivity contribution in [3.63, 3.8) is 0 Å². The number of aromatic nitrogens is 3. The van der Waals surface area contributed by atoms with Crippen molar-refractivity contribution >= 4 is 28.7 Å². The molecule has 4 aromatic carbocycles. The van der Waals surface area contributed by atoms with Crippen LogP contribution in [0.1, 0.15) is 51.4 Å². The van der Waals surface area contributed by atoms with E-state index in [0.717, 1.165) is 22.3 Å². The van der Waals surface area contributed by atoms with Gasteiger partial charge in [0.05, 0.1) is 28.1 Å². The van der Waals surface area contributed by atoms with Crippen LogP contribution < -0.4 is 10.6 Å². The third-order valence-corrected chi connectivity index (χ3v) is 7.61. The highest BCUT2D eigenvalue weighted by Gasteiger charge is 2.42. The zero-order chi connectivity index (χ0) is 29.8. The number of nitrogens with one attached hydrogen (secondary N) is 3. The third kappa shape index (κ3) is 5.10. The summed E-state index contributed by atoms with van der Waals surface area (Å²) in [7, 11) is 0. The van der Waals surface area contributed by atoms with E-state index in [2.05, 4.69) is 20.8 Å². The molecule has 212 valence electrons. The molecule has 0 aliphatic carbocycles. The monoisotopic (exact) mass is 567 g/mol. The Morgan fingerprint density at radius 1 is 0.767 bits per heavy atom. The van der Waals surface area contributed by atoms with Crippen LogP contribution in [0, 0.1) is 0 Å². The first kappa shape index (κ1) is 27.4. The van der Waals surface area contributed by atoms with E-state index in [1.54, 1.807) is 6.07 Å². The number of aromatic amines is 1. The number of carboxylic acids is 1. The van der Waals surface area contributed by atoms with Gasteiger partial charge in [-0.25, -0.2) is 14.6 Å². The molecular weight excluding hydrogens is 538 g/mol. The van der Waals surface area contributed by atoms with Gasteiger partial charge in [-0.2, -0.15) is 5.10 Å². The second-order valence-corrected chi connectivity index (χ2v) is 10.2. The number of amides is 2. The number of nitrogens with zero attached hydrogens (tertiary/aromatic N) is 2. The Bertz CT molecular complexity index is 1780. The van der Waals surface area contributed by atoms with E-state index in [9.17, 15) is 14.7 Å². The van der Waals surface area contributed by atoms with Crippen LogP contribution >= 0.6 is 0 Å². The Morgan fingerprint density at radius 2 is 1.26 bits per heavy atom. The average Bonchev–Trinajstić information content (AvgIpc) is 3.48. The van der Waals surface area contributed by atoms with Crippen LogP contribution in [-0.2, 0) is 5.41 Å². The lowest BCUT2D eigenvalue weighted by Gasteiger charge is -2.36. The summed E-state index contributed by atoms with van der Waals surface area (Å²) < 4.78 is 0. The first-order chi connectivity index (χ1) is 21.0. The van der Waals surface area contributed by atoms with Crippen molar-refractivity contribution in [3.05, 3.63) is 161 Å². The van der Waals surface area contributed by atoms with Crippen LogP contribution in [0.25, 0.3) is 10.9 Å². The smallest absolute Gasteiger partial charge is 0.357 e. The van der Waals surface area contributed by atoms with Gasteiger partial charge in [0.15, 0.2) is 5.69 Å². The number of rotatable bonds is 8. The van der Waals surface area contributed by atoms with Gasteiger partial charge in [0, 0.05) is 6.07 Å². The van der Waals surface area contributed by atoms with Crippen molar-refractivity contribution in [2.24, 2.45) is 0 Å². The lowest BCUT2D eigenvalue weighted by atomic mass is 9.66. The lowest BCUT2D eigenvalue weighted by Crippen LogP contribution is -2.34. The molecule has 0 radical (unpaired) electrons. The summed E-state index contributed by atoms with van der Waals surface area (Å²) in [6.45, 7) is 1.90. The zero-order valence-electron chi connectivity index (χ0n) is 23.4. The van der Waals surface area contributed by atoms with Crippen molar-refractivity contribution in [2.45, 2.75) is 18.4 Å². The number of urea groups is 1. The Balaban J connectivity index is 1.60. The van der Waals surface area contributed by atoms with Crippen LogP contribution in [0.4, 0.5) is 10.6 Å². The number of H-pyrrole nitrogens is 1. The third-order valence-electron chi connectivity index (χ3n) is 7.61. The predicted molar refractivity (Wildman–Crippen MR) is 166 cm³/mol. The van der Waals surface area contributed by atoms with E-state index < -0.39 is 17.4 Å². The summed E-state index contributed by atoms with van der Waals surface area (Å²) >= 11 is 0. The van der Waals surface area contributed by atoms with Gasteiger partial charge in [0.2, 0.25) is 0 Å². The van der Waals surface area contributed by atoms with Gasteiger partial charge in [0.25, 0.3) is 0 Å². The molecule has 0 unspecified atom stereocenters. The minimum atomic E-state index is -1.19. The average molecular weight is 568 g/mol. The van der Waals surface area contributed by atoms with Crippen molar-refractivity contribution in [3.8, 4) is 0 Å². The molecule has 2 aromatic heterocycles. The second-order valence-electron chi connectivity index (χ2n) is 10.2. The SMILES string of the molecule is C[C@@H](NC(=O)Nc1cc2[nH]nc(C(=O)O)c2c(C(c2ccccc2)(c2ccccc2)c2ccccc2)n1)c1ccccc1. The van der Waals surface area contributed by atoms with Crippen LogP contribution in [0.5, 0.6) is 0 Å². The zero-order valence-corrected chi connectivity index (χ0v) is 23.4. The molecule has 0 bridgehead atoms. The molecule has 0 spiro atoms. The highest BCUT2D eigenvalue weighted by atomic mass is 16.4. The van der Waals surface area contributed by atoms with E-state index in [1.165, 1.54) is 0 Å². The Labute approximate surface area is 248 Å². The maximum absolute atomic E-state index is 13.2. The topological polar surface area (TPSA) is 120 Å². The largest absolute Gasteiger partial charge is 0.476 e. The van der Waals surface area contributed by atoms with Gasteiger partial charge in [-0.15, -0.1) is 0 Å². The normalized spacial score (nSPS) is 12.0. The van der Waals surface area contributed by atoms with Gasteiger partial charge < -0.3 is 10.4 Å². The van der Waals surface area contributed by atoms with Crippen molar-refractivity contribution in [1.82, 2.24) is 20.5 Å². The van der Waals surface area contributed by atoms with E-state index in [1.807, 2.05) is 128 Å². The first-order valence-corrected chi connectivity index (χ1v) is 13.9. The molecule has 6 rings (SSSR count). The van der Waals surface area contributed by atoms with Crippen molar-refractivity contribution in [2.75, 3.05) is 5.32 Å². The maximum Gasteiger partial charge on any atom is 0.357 e.